The summed E-state index contributed by atoms with van der Waals surface area (Å²) in [7, 11) is 0. The smallest absolute Gasteiger partial charge is 0.264 e. The number of rotatable bonds is 3. The summed E-state index contributed by atoms with van der Waals surface area (Å²) < 4.78 is 3.20. The lowest BCUT2D eigenvalue weighted by Gasteiger charge is -2.14. The van der Waals surface area contributed by atoms with Crippen molar-refractivity contribution in [3.05, 3.63) is 117 Å². The number of amides is 1. The normalized spacial score (nSPS) is 10.5. The van der Waals surface area contributed by atoms with Crippen LogP contribution in [0.15, 0.2) is 89.4 Å². The first kappa shape index (κ1) is 25.4. The Labute approximate surface area is 227 Å². The summed E-state index contributed by atoms with van der Waals surface area (Å²) in [5.41, 5.74) is 13.7. The summed E-state index contributed by atoms with van der Waals surface area (Å²) in [5, 5.41) is 8.08. The van der Waals surface area contributed by atoms with Crippen LogP contribution in [0.5, 0.6) is 0 Å². The Morgan fingerprint density at radius 1 is 1.03 bits per heavy atom. The molecule has 0 radical (unpaired) electrons. The molecule has 0 saturated carbocycles. The summed E-state index contributed by atoms with van der Waals surface area (Å²) in [6.45, 7) is 2.06. The molecule has 9 nitrogen and oxygen atoms in total. The topological polar surface area (TPSA) is 134 Å². The van der Waals surface area contributed by atoms with Gasteiger partial charge in [-0.25, -0.2) is 14.5 Å². The number of benzene rings is 2. The minimum absolute atomic E-state index is 0.0328. The largest absolute Gasteiger partial charge is 0.381 e. The molecule has 2 aromatic carbocycles. The predicted octanol–water partition coefficient (Wildman–Crippen LogP) is 3.82. The SMILES string of the molecule is CCc1cc2cccc(C#Cc3nccs3)c2c(=O)n1-c1ccccc1.NC(=O)c1c(N)nn2cccnc12. The number of carbonyl (C=O) groups is 1. The van der Waals surface area contributed by atoms with Crippen LogP contribution in [0.4, 0.5) is 5.82 Å². The molecule has 4 aromatic heterocycles. The first-order valence-corrected chi connectivity index (χ1v) is 12.9. The van der Waals surface area contributed by atoms with Crippen LogP contribution < -0.4 is 17.0 Å². The molecule has 4 N–H and O–H groups in total. The Balaban J connectivity index is 0.000000198. The van der Waals surface area contributed by atoms with Crippen molar-refractivity contribution in [1.82, 2.24) is 24.1 Å². The van der Waals surface area contributed by atoms with Crippen LogP contribution in [0, 0.1) is 11.8 Å². The standard InChI is InChI=1S/C22H16N2OS.C7H7N5O/c1-2-18-15-17-8-6-7-16(11-12-20-23-13-14-26-20)21(17)22(25)24(18)19-9-4-3-5-10-19;8-5-4(6(9)13)7-10-2-1-3-12(7)11-5/h3-10,13-15H,2H2,1H3;1-3H,(H2,8,11)(H2,9,13). The Morgan fingerprint density at radius 2 is 1.85 bits per heavy atom. The second kappa shape index (κ2) is 11.0. The van der Waals surface area contributed by atoms with Crippen molar-refractivity contribution in [2.75, 3.05) is 5.73 Å². The van der Waals surface area contributed by atoms with E-state index in [-0.39, 0.29) is 16.9 Å². The summed E-state index contributed by atoms with van der Waals surface area (Å²) in [4.78, 5) is 32.4. The first-order chi connectivity index (χ1) is 19.0. The van der Waals surface area contributed by atoms with E-state index in [0.29, 0.717) is 11.0 Å². The van der Waals surface area contributed by atoms with Crippen molar-refractivity contribution < 1.29 is 4.79 Å². The summed E-state index contributed by atoms with van der Waals surface area (Å²) in [6, 6.07) is 19.3. The quantitative estimate of drug-likeness (QED) is 0.332. The molecule has 0 bridgehead atoms. The van der Waals surface area contributed by atoms with Crippen LogP contribution in [-0.4, -0.2) is 30.1 Å². The zero-order valence-electron chi connectivity index (χ0n) is 20.9. The Kier molecular flexibility index (Phi) is 7.16. The number of carbonyl (C=O) groups excluding carboxylic acids is 1. The van der Waals surface area contributed by atoms with Gasteiger partial charge in [0.15, 0.2) is 16.5 Å². The monoisotopic (exact) mass is 533 g/mol. The second-order valence-electron chi connectivity index (χ2n) is 8.33. The Hall–Kier alpha value is -5.27. The fourth-order valence-corrected chi connectivity index (χ4v) is 4.67. The molecule has 39 heavy (non-hydrogen) atoms. The van der Waals surface area contributed by atoms with Gasteiger partial charge < -0.3 is 11.5 Å². The number of aryl methyl sites for hydroxylation is 1. The van der Waals surface area contributed by atoms with Crippen molar-refractivity contribution >= 4 is 39.5 Å². The van der Waals surface area contributed by atoms with E-state index >= 15 is 0 Å². The molecule has 0 saturated heterocycles. The summed E-state index contributed by atoms with van der Waals surface area (Å²) >= 11 is 1.49. The number of pyridine rings is 1. The Morgan fingerprint density at radius 3 is 2.56 bits per heavy atom. The number of primary amides is 1. The lowest BCUT2D eigenvalue weighted by molar-refractivity contribution is 0.100. The summed E-state index contributed by atoms with van der Waals surface area (Å²) in [6.07, 6.45) is 5.69. The number of para-hydroxylation sites is 1. The number of hydrogen-bond donors (Lipinski definition) is 2. The zero-order chi connectivity index (χ0) is 27.4. The van der Waals surface area contributed by atoms with Crippen molar-refractivity contribution in [3.8, 4) is 17.5 Å². The van der Waals surface area contributed by atoms with Gasteiger partial charge in [-0.15, -0.1) is 16.4 Å². The van der Waals surface area contributed by atoms with Crippen LogP contribution in [0.25, 0.3) is 22.1 Å². The van der Waals surface area contributed by atoms with Crippen LogP contribution in [-0.2, 0) is 6.42 Å². The molecule has 6 rings (SSSR count). The third-order valence-electron chi connectivity index (χ3n) is 5.90. The van der Waals surface area contributed by atoms with Gasteiger partial charge in [-0.1, -0.05) is 43.2 Å². The van der Waals surface area contributed by atoms with Crippen LogP contribution in [0.1, 0.15) is 33.5 Å². The minimum Gasteiger partial charge on any atom is -0.381 e. The van der Waals surface area contributed by atoms with Gasteiger partial charge in [0, 0.05) is 40.9 Å². The second-order valence-corrected chi connectivity index (χ2v) is 9.23. The molecule has 0 aliphatic rings. The van der Waals surface area contributed by atoms with Crippen molar-refractivity contribution in [2.45, 2.75) is 13.3 Å². The molecule has 0 unspecified atom stereocenters. The highest BCUT2D eigenvalue weighted by molar-refractivity contribution is 7.10. The first-order valence-electron chi connectivity index (χ1n) is 12.0. The molecule has 0 atom stereocenters. The van der Waals surface area contributed by atoms with E-state index in [1.54, 1.807) is 29.2 Å². The fraction of sp³-hybridized carbons (Fsp3) is 0.0690. The predicted molar refractivity (Wildman–Crippen MR) is 153 cm³/mol. The number of fused-ring (bicyclic) bond motifs is 2. The number of hydrogen-bond acceptors (Lipinski definition) is 7. The molecule has 0 spiro atoms. The van der Waals surface area contributed by atoms with Gasteiger partial charge in [0.2, 0.25) is 0 Å². The minimum atomic E-state index is -0.619. The molecular weight excluding hydrogens is 510 g/mol. The molecule has 10 heteroatoms. The lowest BCUT2D eigenvalue weighted by Crippen LogP contribution is -2.22. The average molecular weight is 534 g/mol. The van der Waals surface area contributed by atoms with Gasteiger partial charge in [-0.3, -0.25) is 14.2 Å². The van der Waals surface area contributed by atoms with E-state index in [1.165, 1.54) is 15.9 Å². The van der Waals surface area contributed by atoms with Gasteiger partial charge in [-0.05, 0) is 48.1 Å². The molecule has 192 valence electrons. The van der Waals surface area contributed by atoms with E-state index in [1.807, 2.05) is 53.9 Å². The van der Waals surface area contributed by atoms with Crippen LogP contribution in [0.3, 0.4) is 0 Å². The van der Waals surface area contributed by atoms with Gasteiger partial charge in [0.05, 0.1) is 5.39 Å². The van der Waals surface area contributed by atoms with Crippen molar-refractivity contribution in [2.24, 2.45) is 5.73 Å². The fourth-order valence-electron chi connectivity index (χ4n) is 4.19. The van der Waals surface area contributed by atoms with Gasteiger partial charge in [0.25, 0.3) is 11.5 Å². The maximum atomic E-state index is 13.4. The highest BCUT2D eigenvalue weighted by atomic mass is 32.1. The van der Waals surface area contributed by atoms with E-state index in [0.717, 1.165) is 33.8 Å². The molecule has 0 fully saturated rings. The van der Waals surface area contributed by atoms with Crippen molar-refractivity contribution in [1.29, 1.82) is 0 Å². The van der Waals surface area contributed by atoms with Gasteiger partial charge in [0.1, 0.15) is 5.56 Å². The number of aromatic nitrogens is 5. The third kappa shape index (κ3) is 5.12. The number of nitrogens with two attached hydrogens (primary N) is 2. The number of nitrogens with zero attached hydrogens (tertiary/aromatic N) is 5. The van der Waals surface area contributed by atoms with E-state index in [2.05, 4.69) is 39.9 Å². The maximum absolute atomic E-state index is 13.4. The third-order valence-corrected chi connectivity index (χ3v) is 6.59. The molecule has 6 aromatic rings. The molecular formula is C29H23N7O2S. The van der Waals surface area contributed by atoms with E-state index in [9.17, 15) is 9.59 Å². The Bertz CT molecular complexity index is 1910. The summed E-state index contributed by atoms with van der Waals surface area (Å²) in [5.74, 6) is 5.67. The van der Waals surface area contributed by atoms with Gasteiger partial charge in [-0.2, -0.15) is 0 Å². The van der Waals surface area contributed by atoms with Gasteiger partial charge >= 0.3 is 0 Å². The highest BCUT2D eigenvalue weighted by Gasteiger charge is 2.15. The number of anilines is 1. The highest BCUT2D eigenvalue weighted by Crippen LogP contribution is 2.20. The molecule has 4 heterocycles. The van der Waals surface area contributed by atoms with Crippen LogP contribution in [0.2, 0.25) is 0 Å². The zero-order valence-corrected chi connectivity index (χ0v) is 21.7. The van der Waals surface area contributed by atoms with E-state index < -0.39 is 5.91 Å². The molecule has 0 aliphatic heterocycles. The number of thiazole rings is 1. The molecule has 0 aliphatic carbocycles. The molecule has 1 amide bonds. The van der Waals surface area contributed by atoms with Crippen molar-refractivity contribution in [3.63, 3.8) is 0 Å². The van der Waals surface area contributed by atoms with E-state index in [4.69, 9.17) is 11.5 Å². The van der Waals surface area contributed by atoms with Crippen LogP contribution >= 0.6 is 11.3 Å². The maximum Gasteiger partial charge on any atom is 0.264 e. The number of nitrogen functional groups attached to an aromatic ring is 1. The average Bonchev–Trinajstić information content (AvgIpc) is 3.59. The lowest BCUT2D eigenvalue weighted by atomic mass is 10.0.